The molecule has 0 radical (unpaired) electrons. The van der Waals surface area contributed by atoms with Crippen molar-refractivity contribution in [3.63, 3.8) is 0 Å². The third-order valence-corrected chi connectivity index (χ3v) is 5.80. The lowest BCUT2D eigenvalue weighted by atomic mass is 9.59. The van der Waals surface area contributed by atoms with Crippen LogP contribution in [0.5, 0.6) is 0 Å². The Hall–Kier alpha value is -2.17. The molecule has 1 amide bonds. The Morgan fingerprint density at radius 3 is 2.71 bits per heavy atom. The summed E-state index contributed by atoms with van der Waals surface area (Å²) in [5, 5.41) is 12.7. The van der Waals surface area contributed by atoms with Crippen LogP contribution in [0, 0.1) is 18.3 Å². The summed E-state index contributed by atoms with van der Waals surface area (Å²) in [6, 6.07) is 17.0. The molecule has 3 N–H and O–H groups in total. The second-order valence-corrected chi connectivity index (χ2v) is 7.10. The first kappa shape index (κ1) is 15.4. The second kappa shape index (κ2) is 5.72. The highest BCUT2D eigenvalue weighted by atomic mass is 16.5. The number of nitrogens with one attached hydrogen (secondary N) is 2. The quantitative estimate of drug-likeness (QED) is 0.588. The minimum absolute atomic E-state index is 0.127. The fraction of sp³-hybridized carbons (Fsp3) is 0.350. The van der Waals surface area contributed by atoms with Crippen LogP contribution in [0.3, 0.4) is 0 Å². The molecule has 2 aromatic rings. The molecule has 0 saturated carbocycles. The molecule has 1 fully saturated rings. The first-order valence-corrected chi connectivity index (χ1v) is 8.45. The van der Waals surface area contributed by atoms with E-state index in [1.54, 1.807) is 0 Å². The first-order chi connectivity index (χ1) is 11.7. The summed E-state index contributed by atoms with van der Waals surface area (Å²) in [6.45, 7) is 3.46. The van der Waals surface area contributed by atoms with E-state index in [4.69, 9.17) is 0 Å². The molecule has 0 aromatic heterocycles. The minimum Gasteiger partial charge on any atom is -0.315 e. The van der Waals surface area contributed by atoms with Crippen molar-refractivity contribution < 1.29 is 10.0 Å². The minimum atomic E-state index is -0.599. The molecule has 4 heteroatoms. The molecule has 1 heterocycles. The van der Waals surface area contributed by atoms with Crippen molar-refractivity contribution in [3.05, 3.63) is 70.8 Å². The van der Waals surface area contributed by atoms with Gasteiger partial charge in [-0.3, -0.25) is 10.0 Å². The maximum absolute atomic E-state index is 12.6. The van der Waals surface area contributed by atoms with Gasteiger partial charge in [-0.05, 0) is 42.5 Å². The number of hydrogen-bond donors (Lipinski definition) is 3. The van der Waals surface area contributed by atoms with Gasteiger partial charge in [0.1, 0.15) is 0 Å². The third kappa shape index (κ3) is 2.18. The number of hydrogen-bond acceptors (Lipinski definition) is 3. The molecule has 3 unspecified atom stereocenters. The van der Waals surface area contributed by atoms with E-state index in [2.05, 4.69) is 54.7 Å². The third-order valence-electron chi connectivity index (χ3n) is 5.80. The lowest BCUT2D eigenvalue weighted by Crippen LogP contribution is -2.50. The Balaban J connectivity index is 1.89. The maximum atomic E-state index is 12.6. The van der Waals surface area contributed by atoms with Gasteiger partial charge in [-0.2, -0.15) is 0 Å². The van der Waals surface area contributed by atoms with E-state index >= 15 is 0 Å². The molecular weight excluding hydrogens is 300 g/mol. The van der Waals surface area contributed by atoms with Crippen LogP contribution in [0.1, 0.15) is 28.2 Å². The van der Waals surface area contributed by atoms with Gasteiger partial charge in [-0.1, -0.05) is 54.1 Å². The van der Waals surface area contributed by atoms with Gasteiger partial charge in [0.15, 0.2) is 0 Å². The van der Waals surface area contributed by atoms with Gasteiger partial charge in [0.25, 0.3) is 5.91 Å². The number of carbonyl (C=O) groups is 1. The van der Waals surface area contributed by atoms with Crippen LogP contribution in [0.2, 0.25) is 0 Å². The van der Waals surface area contributed by atoms with Crippen molar-refractivity contribution in [3.8, 4) is 0 Å². The largest absolute Gasteiger partial charge is 0.315 e. The van der Waals surface area contributed by atoms with Crippen molar-refractivity contribution in [2.75, 3.05) is 13.1 Å². The van der Waals surface area contributed by atoms with Crippen LogP contribution in [0.4, 0.5) is 0 Å². The van der Waals surface area contributed by atoms with Gasteiger partial charge in [-0.25, -0.2) is 5.48 Å². The summed E-state index contributed by atoms with van der Waals surface area (Å²) in [7, 11) is 0. The summed E-state index contributed by atoms with van der Waals surface area (Å²) in [6.07, 6.45) is 0.662. The van der Waals surface area contributed by atoms with Crippen LogP contribution in [-0.2, 0) is 11.2 Å². The molecule has 1 aliphatic heterocycles. The molecule has 4 rings (SSSR count). The molecule has 0 spiro atoms. The van der Waals surface area contributed by atoms with E-state index in [9.17, 15) is 10.0 Å². The number of rotatable bonds is 2. The highest BCUT2D eigenvalue weighted by Gasteiger charge is 2.55. The Bertz CT molecular complexity index is 771. The number of hydroxylamine groups is 1. The molecule has 1 aliphatic carbocycles. The van der Waals surface area contributed by atoms with Crippen molar-refractivity contribution in [2.24, 2.45) is 11.3 Å². The smallest absolute Gasteiger partial charge is 0.251 e. The van der Waals surface area contributed by atoms with E-state index in [1.165, 1.54) is 22.3 Å². The molecule has 2 aliphatic rings. The van der Waals surface area contributed by atoms with Crippen LogP contribution in [-0.4, -0.2) is 24.2 Å². The van der Waals surface area contributed by atoms with Crippen LogP contribution in [0.25, 0.3) is 0 Å². The Morgan fingerprint density at radius 1 is 1.21 bits per heavy atom. The highest BCUT2D eigenvalue weighted by Crippen LogP contribution is 2.51. The Labute approximate surface area is 141 Å². The van der Waals surface area contributed by atoms with Crippen molar-refractivity contribution in [1.29, 1.82) is 0 Å². The fourth-order valence-corrected chi connectivity index (χ4v) is 4.59. The monoisotopic (exact) mass is 322 g/mol. The summed E-state index contributed by atoms with van der Waals surface area (Å²) in [5.74, 6) is 0.00854. The Morgan fingerprint density at radius 2 is 1.96 bits per heavy atom. The number of aryl methyl sites for hydroxylation is 1. The predicted molar refractivity (Wildman–Crippen MR) is 91.9 cm³/mol. The summed E-state index contributed by atoms with van der Waals surface area (Å²) in [5.41, 5.74) is 6.30. The molecule has 24 heavy (non-hydrogen) atoms. The SMILES string of the molecule is Cc1ccc(C2c3ccccc3CC3(C(=O)NO)CNCC23)cc1. The number of benzene rings is 2. The van der Waals surface area contributed by atoms with E-state index in [1.807, 2.05) is 11.5 Å². The molecule has 2 aromatic carbocycles. The van der Waals surface area contributed by atoms with E-state index in [0.29, 0.717) is 13.0 Å². The average Bonchev–Trinajstić information content (AvgIpc) is 3.04. The van der Waals surface area contributed by atoms with Crippen LogP contribution in [0.15, 0.2) is 48.5 Å². The van der Waals surface area contributed by atoms with Gasteiger partial charge in [-0.15, -0.1) is 0 Å². The average molecular weight is 322 g/mol. The summed E-state index contributed by atoms with van der Waals surface area (Å²) >= 11 is 0. The van der Waals surface area contributed by atoms with Gasteiger partial charge in [0.05, 0.1) is 5.41 Å². The summed E-state index contributed by atoms with van der Waals surface area (Å²) < 4.78 is 0. The number of carbonyl (C=O) groups excluding carboxylic acids is 1. The van der Waals surface area contributed by atoms with Crippen molar-refractivity contribution in [2.45, 2.75) is 19.3 Å². The molecule has 1 saturated heterocycles. The van der Waals surface area contributed by atoms with Gasteiger partial charge in [0.2, 0.25) is 0 Å². The predicted octanol–water partition coefficient (Wildman–Crippen LogP) is 2.39. The number of amides is 1. The van der Waals surface area contributed by atoms with Gasteiger partial charge < -0.3 is 5.32 Å². The van der Waals surface area contributed by atoms with Gasteiger partial charge in [0, 0.05) is 12.5 Å². The summed E-state index contributed by atoms with van der Waals surface area (Å²) in [4.78, 5) is 12.6. The van der Waals surface area contributed by atoms with Crippen LogP contribution < -0.4 is 10.8 Å². The molecule has 4 nitrogen and oxygen atoms in total. The van der Waals surface area contributed by atoms with Crippen molar-refractivity contribution in [1.82, 2.24) is 10.8 Å². The van der Waals surface area contributed by atoms with E-state index in [-0.39, 0.29) is 17.7 Å². The van der Waals surface area contributed by atoms with Crippen molar-refractivity contribution >= 4 is 5.91 Å². The maximum Gasteiger partial charge on any atom is 0.251 e. The van der Waals surface area contributed by atoms with Crippen LogP contribution >= 0.6 is 0 Å². The number of fused-ring (bicyclic) bond motifs is 2. The zero-order valence-electron chi connectivity index (χ0n) is 13.8. The standard InChI is InChI=1S/C20H22N2O2/c1-13-6-8-14(9-7-13)18-16-5-3-2-4-15(16)10-20(19(23)22-24)12-21-11-17(18)20/h2-9,17-18,21,24H,10-12H2,1H3,(H,22,23). The lowest BCUT2D eigenvalue weighted by Gasteiger charge is -2.43. The normalized spacial score (nSPS) is 28.1. The molecule has 3 atom stereocenters. The molecule has 0 bridgehead atoms. The van der Waals surface area contributed by atoms with E-state index < -0.39 is 5.41 Å². The second-order valence-electron chi connectivity index (χ2n) is 7.10. The first-order valence-electron chi connectivity index (χ1n) is 8.45. The van der Waals surface area contributed by atoms with Gasteiger partial charge >= 0.3 is 0 Å². The topological polar surface area (TPSA) is 61.4 Å². The Kier molecular flexibility index (Phi) is 3.66. The highest BCUT2D eigenvalue weighted by molar-refractivity contribution is 5.84. The lowest BCUT2D eigenvalue weighted by molar-refractivity contribution is -0.141. The van der Waals surface area contributed by atoms with E-state index in [0.717, 1.165) is 6.54 Å². The fourth-order valence-electron chi connectivity index (χ4n) is 4.59. The zero-order chi connectivity index (χ0) is 16.7. The molecular formula is C20H22N2O2. The zero-order valence-corrected chi connectivity index (χ0v) is 13.8. The molecule has 124 valence electrons.